The van der Waals surface area contributed by atoms with Crippen LogP contribution in [-0.4, -0.2) is 41.9 Å². The first-order valence-corrected chi connectivity index (χ1v) is 7.44. The van der Waals surface area contributed by atoms with E-state index in [2.05, 4.69) is 10.6 Å². The van der Waals surface area contributed by atoms with Crippen molar-refractivity contribution in [1.82, 2.24) is 10.6 Å². The van der Waals surface area contributed by atoms with Gasteiger partial charge in [0.2, 0.25) is 0 Å². The predicted molar refractivity (Wildman–Crippen MR) is 73.4 cm³/mol. The number of nitrogens with one attached hydrogen (secondary N) is 2. The Kier molecular flexibility index (Phi) is 4.86. The van der Waals surface area contributed by atoms with Gasteiger partial charge in [0.1, 0.15) is 6.04 Å². The average molecular weight is 284 g/mol. The highest BCUT2D eigenvalue weighted by Gasteiger charge is 2.41. The second kappa shape index (κ2) is 6.43. The van der Waals surface area contributed by atoms with E-state index in [0.29, 0.717) is 18.9 Å². The van der Waals surface area contributed by atoms with Crippen molar-refractivity contribution in [2.75, 3.05) is 6.61 Å². The van der Waals surface area contributed by atoms with Gasteiger partial charge in [-0.05, 0) is 31.1 Å². The van der Waals surface area contributed by atoms with Crippen LogP contribution in [0.15, 0.2) is 0 Å². The fourth-order valence-corrected chi connectivity index (χ4v) is 2.69. The number of aliphatic carboxylic acids is 1. The third-order valence-electron chi connectivity index (χ3n) is 4.30. The number of carbonyl (C=O) groups excluding carboxylic acids is 1. The second-order valence-corrected chi connectivity index (χ2v) is 5.89. The third kappa shape index (κ3) is 3.62. The van der Waals surface area contributed by atoms with Crippen molar-refractivity contribution in [2.24, 2.45) is 11.8 Å². The summed E-state index contributed by atoms with van der Waals surface area (Å²) in [6, 6.07) is -1.24. The maximum Gasteiger partial charge on any atom is 0.326 e. The van der Waals surface area contributed by atoms with Gasteiger partial charge < -0.3 is 20.5 Å². The van der Waals surface area contributed by atoms with Gasteiger partial charge in [0, 0.05) is 6.61 Å². The van der Waals surface area contributed by atoms with Crippen LogP contribution in [0, 0.1) is 11.8 Å². The molecule has 1 aliphatic carbocycles. The molecule has 20 heavy (non-hydrogen) atoms. The molecule has 1 heterocycles. The number of amides is 2. The summed E-state index contributed by atoms with van der Waals surface area (Å²) in [7, 11) is 0. The molecule has 0 bridgehead atoms. The van der Waals surface area contributed by atoms with Gasteiger partial charge in [0.25, 0.3) is 0 Å². The number of carboxylic acid groups (broad SMARTS) is 1. The van der Waals surface area contributed by atoms with Crippen LogP contribution in [-0.2, 0) is 9.53 Å². The maximum absolute atomic E-state index is 12.0. The standard InChI is InChI=1S/C14H24N2O4/c1-3-8(2)11(13(17)18)16-14(19)15-10-6-7-20-12(10)9-4-5-9/h8-12H,3-7H2,1-2H3,(H,17,18)(H2,15,16,19)/t8?,10?,11-,12?/m0/s1. The Morgan fingerprint density at radius 3 is 2.60 bits per heavy atom. The molecule has 0 aromatic carbocycles. The molecule has 2 rings (SSSR count). The van der Waals surface area contributed by atoms with Crippen molar-refractivity contribution in [3.05, 3.63) is 0 Å². The van der Waals surface area contributed by atoms with Gasteiger partial charge in [-0.2, -0.15) is 0 Å². The average Bonchev–Trinajstić information content (AvgIpc) is 3.15. The molecule has 2 fully saturated rings. The van der Waals surface area contributed by atoms with Crippen molar-refractivity contribution in [1.29, 1.82) is 0 Å². The van der Waals surface area contributed by atoms with E-state index in [1.54, 1.807) is 0 Å². The first-order valence-electron chi connectivity index (χ1n) is 7.44. The SMILES string of the molecule is CCC(C)[C@H](NC(=O)NC1CCOC1C1CC1)C(=O)O. The third-order valence-corrected chi connectivity index (χ3v) is 4.30. The highest BCUT2D eigenvalue weighted by Crippen LogP contribution is 2.38. The van der Waals surface area contributed by atoms with E-state index >= 15 is 0 Å². The number of hydrogen-bond donors (Lipinski definition) is 3. The van der Waals surface area contributed by atoms with Crippen LogP contribution in [0.2, 0.25) is 0 Å². The van der Waals surface area contributed by atoms with Crippen molar-refractivity contribution >= 4 is 12.0 Å². The van der Waals surface area contributed by atoms with E-state index in [0.717, 1.165) is 19.3 Å². The zero-order chi connectivity index (χ0) is 14.7. The van der Waals surface area contributed by atoms with Gasteiger partial charge in [-0.3, -0.25) is 0 Å². The van der Waals surface area contributed by atoms with Crippen molar-refractivity contribution < 1.29 is 19.4 Å². The molecule has 1 aliphatic heterocycles. The number of ether oxygens (including phenoxy) is 1. The Balaban J connectivity index is 1.85. The smallest absolute Gasteiger partial charge is 0.326 e. The minimum Gasteiger partial charge on any atom is -0.480 e. The van der Waals surface area contributed by atoms with E-state index < -0.39 is 18.0 Å². The highest BCUT2D eigenvalue weighted by atomic mass is 16.5. The van der Waals surface area contributed by atoms with Gasteiger partial charge in [-0.15, -0.1) is 0 Å². The number of carbonyl (C=O) groups is 2. The Labute approximate surface area is 119 Å². The Morgan fingerprint density at radius 2 is 2.05 bits per heavy atom. The molecule has 114 valence electrons. The van der Waals surface area contributed by atoms with E-state index in [1.807, 2.05) is 13.8 Å². The fourth-order valence-electron chi connectivity index (χ4n) is 2.69. The minimum absolute atomic E-state index is 0.00822. The van der Waals surface area contributed by atoms with Crippen LogP contribution >= 0.6 is 0 Å². The van der Waals surface area contributed by atoms with Crippen LogP contribution in [0.25, 0.3) is 0 Å². The Bertz CT molecular complexity index is 370. The number of urea groups is 1. The van der Waals surface area contributed by atoms with Crippen molar-refractivity contribution in [3.63, 3.8) is 0 Å². The molecule has 0 aromatic heterocycles. The largest absolute Gasteiger partial charge is 0.480 e. The van der Waals surface area contributed by atoms with Crippen LogP contribution in [0.5, 0.6) is 0 Å². The molecule has 0 spiro atoms. The zero-order valence-electron chi connectivity index (χ0n) is 12.1. The summed E-state index contributed by atoms with van der Waals surface area (Å²) in [5, 5.41) is 14.6. The first-order chi connectivity index (χ1) is 9.52. The molecule has 6 heteroatoms. The Morgan fingerprint density at radius 1 is 1.35 bits per heavy atom. The summed E-state index contributed by atoms with van der Waals surface area (Å²) in [5.41, 5.74) is 0. The van der Waals surface area contributed by atoms with Gasteiger partial charge in [-0.1, -0.05) is 20.3 Å². The lowest BCUT2D eigenvalue weighted by atomic mass is 9.99. The van der Waals surface area contributed by atoms with Gasteiger partial charge >= 0.3 is 12.0 Å². The lowest BCUT2D eigenvalue weighted by Gasteiger charge is -2.24. The summed E-state index contributed by atoms with van der Waals surface area (Å²) < 4.78 is 5.65. The molecule has 3 N–H and O–H groups in total. The fraction of sp³-hybridized carbons (Fsp3) is 0.857. The van der Waals surface area contributed by atoms with E-state index in [1.165, 1.54) is 0 Å². The molecule has 1 saturated heterocycles. The predicted octanol–water partition coefficient (Wildman–Crippen LogP) is 1.35. The number of rotatable bonds is 6. The molecule has 1 saturated carbocycles. The summed E-state index contributed by atoms with van der Waals surface area (Å²) in [6.07, 6.45) is 3.93. The van der Waals surface area contributed by atoms with Crippen LogP contribution < -0.4 is 10.6 Å². The summed E-state index contributed by atoms with van der Waals surface area (Å²) >= 11 is 0. The van der Waals surface area contributed by atoms with Gasteiger partial charge in [-0.25, -0.2) is 9.59 Å². The summed E-state index contributed by atoms with van der Waals surface area (Å²) in [5.74, 6) is -0.527. The molecule has 6 nitrogen and oxygen atoms in total. The molecule has 2 amide bonds. The molecule has 0 aromatic rings. The minimum atomic E-state index is -0.990. The molecule has 4 atom stereocenters. The molecule has 3 unspecified atom stereocenters. The molecular formula is C14H24N2O4. The topological polar surface area (TPSA) is 87.7 Å². The monoisotopic (exact) mass is 284 g/mol. The second-order valence-electron chi connectivity index (χ2n) is 5.89. The molecular weight excluding hydrogens is 260 g/mol. The van der Waals surface area contributed by atoms with E-state index in [4.69, 9.17) is 9.84 Å². The Hall–Kier alpha value is -1.30. The summed E-state index contributed by atoms with van der Waals surface area (Å²) in [6.45, 7) is 4.40. The van der Waals surface area contributed by atoms with E-state index in [-0.39, 0.29) is 18.1 Å². The summed E-state index contributed by atoms with van der Waals surface area (Å²) in [4.78, 5) is 23.2. The lowest BCUT2D eigenvalue weighted by Crippen LogP contribution is -2.53. The maximum atomic E-state index is 12.0. The normalized spacial score (nSPS) is 28.7. The van der Waals surface area contributed by atoms with Crippen molar-refractivity contribution in [3.8, 4) is 0 Å². The number of hydrogen-bond acceptors (Lipinski definition) is 3. The van der Waals surface area contributed by atoms with Crippen LogP contribution in [0.1, 0.15) is 39.5 Å². The first kappa shape index (κ1) is 15.1. The molecule has 2 aliphatic rings. The number of carboxylic acids is 1. The lowest BCUT2D eigenvalue weighted by molar-refractivity contribution is -0.140. The van der Waals surface area contributed by atoms with Gasteiger partial charge in [0.05, 0.1) is 12.1 Å². The highest BCUT2D eigenvalue weighted by molar-refractivity contribution is 5.82. The van der Waals surface area contributed by atoms with E-state index in [9.17, 15) is 9.59 Å². The zero-order valence-corrected chi connectivity index (χ0v) is 12.1. The van der Waals surface area contributed by atoms with Crippen LogP contribution in [0.4, 0.5) is 4.79 Å². The quantitative estimate of drug-likeness (QED) is 0.687. The molecule has 0 radical (unpaired) electrons. The van der Waals surface area contributed by atoms with Crippen molar-refractivity contribution in [2.45, 2.75) is 57.7 Å². The van der Waals surface area contributed by atoms with Crippen LogP contribution in [0.3, 0.4) is 0 Å². The van der Waals surface area contributed by atoms with Gasteiger partial charge in [0.15, 0.2) is 0 Å².